The summed E-state index contributed by atoms with van der Waals surface area (Å²) in [5.41, 5.74) is 2.83. The molecule has 0 unspecified atom stereocenters. The van der Waals surface area contributed by atoms with E-state index in [2.05, 4.69) is 16.3 Å². The molecule has 2 aromatic carbocycles. The minimum Gasteiger partial charge on any atom is -0.379 e. The molecule has 1 amide bonds. The van der Waals surface area contributed by atoms with Crippen LogP contribution in [0.1, 0.15) is 21.5 Å². The Morgan fingerprint density at radius 2 is 1.76 bits per heavy atom. The molecule has 0 atom stereocenters. The molecule has 0 aliphatic carbocycles. The van der Waals surface area contributed by atoms with Crippen molar-refractivity contribution in [2.24, 2.45) is 0 Å². The van der Waals surface area contributed by atoms with Crippen LogP contribution in [0, 0.1) is 0 Å². The Balaban J connectivity index is 1.64. The van der Waals surface area contributed by atoms with Crippen LogP contribution in [0.4, 0.5) is 0 Å². The van der Waals surface area contributed by atoms with Crippen molar-refractivity contribution < 1.29 is 9.53 Å². The Labute approximate surface area is 157 Å². The lowest BCUT2D eigenvalue weighted by molar-refractivity contribution is 0.0340. The second-order valence-corrected chi connectivity index (χ2v) is 6.78. The number of nitrogens with one attached hydrogen (secondary N) is 1. The van der Waals surface area contributed by atoms with Gasteiger partial charge in [0.05, 0.1) is 23.3 Å². The Morgan fingerprint density at radius 1 is 1.04 bits per heavy atom. The zero-order valence-electron chi connectivity index (χ0n) is 13.8. The van der Waals surface area contributed by atoms with Gasteiger partial charge in [-0.25, -0.2) is 0 Å². The van der Waals surface area contributed by atoms with Crippen molar-refractivity contribution in [2.75, 3.05) is 26.3 Å². The van der Waals surface area contributed by atoms with E-state index in [0.717, 1.165) is 38.4 Å². The van der Waals surface area contributed by atoms with Crippen molar-refractivity contribution in [3.05, 3.63) is 69.2 Å². The standard InChI is InChI=1S/C19H20Cl2N2O2/c20-17-6-5-14(11-18(17)21)19(24)22-12-15-3-1-2-4-16(15)13-23-7-9-25-10-8-23/h1-6,11H,7-10,12-13H2,(H,22,24). The summed E-state index contributed by atoms with van der Waals surface area (Å²) in [7, 11) is 0. The van der Waals surface area contributed by atoms with Gasteiger partial charge in [-0.1, -0.05) is 47.5 Å². The number of halogens is 2. The van der Waals surface area contributed by atoms with Crippen molar-refractivity contribution in [1.82, 2.24) is 10.2 Å². The smallest absolute Gasteiger partial charge is 0.251 e. The molecular formula is C19H20Cl2N2O2. The molecule has 1 aliphatic heterocycles. The van der Waals surface area contributed by atoms with Gasteiger partial charge in [-0.05, 0) is 29.3 Å². The van der Waals surface area contributed by atoms with Gasteiger partial charge in [0.15, 0.2) is 0 Å². The van der Waals surface area contributed by atoms with E-state index in [9.17, 15) is 4.79 Å². The molecule has 132 valence electrons. The van der Waals surface area contributed by atoms with Gasteiger partial charge in [-0.3, -0.25) is 9.69 Å². The highest BCUT2D eigenvalue weighted by Gasteiger charge is 2.13. The van der Waals surface area contributed by atoms with Crippen LogP contribution >= 0.6 is 23.2 Å². The van der Waals surface area contributed by atoms with Gasteiger partial charge in [0.1, 0.15) is 0 Å². The van der Waals surface area contributed by atoms with E-state index in [4.69, 9.17) is 27.9 Å². The van der Waals surface area contributed by atoms with Crippen LogP contribution in [-0.4, -0.2) is 37.1 Å². The van der Waals surface area contributed by atoms with E-state index < -0.39 is 0 Å². The highest BCUT2D eigenvalue weighted by atomic mass is 35.5. The lowest BCUT2D eigenvalue weighted by Crippen LogP contribution is -2.36. The van der Waals surface area contributed by atoms with Crippen LogP contribution in [0.3, 0.4) is 0 Å². The van der Waals surface area contributed by atoms with Crippen molar-refractivity contribution in [3.63, 3.8) is 0 Å². The highest BCUT2D eigenvalue weighted by Crippen LogP contribution is 2.22. The van der Waals surface area contributed by atoms with Gasteiger partial charge in [-0.2, -0.15) is 0 Å². The van der Waals surface area contributed by atoms with E-state index in [1.807, 2.05) is 18.2 Å². The number of benzene rings is 2. The molecule has 1 N–H and O–H groups in total. The maximum Gasteiger partial charge on any atom is 0.251 e. The molecule has 1 aliphatic rings. The third kappa shape index (κ3) is 4.95. The summed E-state index contributed by atoms with van der Waals surface area (Å²) in [6.45, 7) is 4.75. The number of carbonyl (C=O) groups is 1. The maximum absolute atomic E-state index is 12.3. The monoisotopic (exact) mass is 378 g/mol. The van der Waals surface area contributed by atoms with E-state index in [1.54, 1.807) is 18.2 Å². The van der Waals surface area contributed by atoms with Crippen molar-refractivity contribution >= 4 is 29.1 Å². The zero-order chi connectivity index (χ0) is 17.6. The molecule has 2 aromatic rings. The van der Waals surface area contributed by atoms with E-state index >= 15 is 0 Å². The third-order valence-electron chi connectivity index (χ3n) is 4.24. The molecule has 3 rings (SSSR count). The van der Waals surface area contributed by atoms with Gasteiger partial charge in [-0.15, -0.1) is 0 Å². The number of nitrogens with zero attached hydrogens (tertiary/aromatic N) is 1. The average Bonchev–Trinajstić information content (AvgIpc) is 2.64. The van der Waals surface area contributed by atoms with Crippen molar-refractivity contribution in [2.45, 2.75) is 13.1 Å². The van der Waals surface area contributed by atoms with Crippen LogP contribution in [0.25, 0.3) is 0 Å². The number of hydrogen-bond donors (Lipinski definition) is 1. The Hall–Kier alpha value is -1.59. The summed E-state index contributed by atoms with van der Waals surface area (Å²) in [5.74, 6) is -0.167. The van der Waals surface area contributed by atoms with E-state index in [0.29, 0.717) is 22.2 Å². The van der Waals surface area contributed by atoms with Gasteiger partial charge in [0, 0.05) is 31.7 Å². The van der Waals surface area contributed by atoms with E-state index in [-0.39, 0.29) is 5.91 Å². The predicted molar refractivity (Wildman–Crippen MR) is 100 cm³/mol. The molecule has 1 fully saturated rings. The summed E-state index contributed by atoms with van der Waals surface area (Å²) in [4.78, 5) is 14.7. The molecule has 6 heteroatoms. The quantitative estimate of drug-likeness (QED) is 0.860. The number of carbonyl (C=O) groups excluding carboxylic acids is 1. The summed E-state index contributed by atoms with van der Waals surface area (Å²) < 4.78 is 5.39. The average molecular weight is 379 g/mol. The molecule has 0 radical (unpaired) electrons. The lowest BCUT2D eigenvalue weighted by Gasteiger charge is -2.27. The minimum absolute atomic E-state index is 0.167. The fourth-order valence-corrected chi connectivity index (χ4v) is 3.10. The number of hydrogen-bond acceptors (Lipinski definition) is 3. The van der Waals surface area contributed by atoms with Crippen LogP contribution in [-0.2, 0) is 17.8 Å². The second kappa shape index (κ2) is 8.68. The van der Waals surface area contributed by atoms with Crippen LogP contribution in [0.2, 0.25) is 10.0 Å². The molecule has 0 saturated carbocycles. The number of amides is 1. The third-order valence-corrected chi connectivity index (χ3v) is 4.98. The first-order chi connectivity index (χ1) is 12.1. The maximum atomic E-state index is 12.3. The number of rotatable bonds is 5. The molecule has 0 aromatic heterocycles. The van der Waals surface area contributed by atoms with Gasteiger partial charge < -0.3 is 10.1 Å². The molecule has 1 saturated heterocycles. The van der Waals surface area contributed by atoms with Gasteiger partial charge in [0.25, 0.3) is 5.91 Å². The van der Waals surface area contributed by atoms with Crippen molar-refractivity contribution in [3.8, 4) is 0 Å². The van der Waals surface area contributed by atoms with Crippen LogP contribution in [0.15, 0.2) is 42.5 Å². The highest BCUT2D eigenvalue weighted by molar-refractivity contribution is 6.42. The van der Waals surface area contributed by atoms with E-state index in [1.165, 1.54) is 5.56 Å². The molecular weight excluding hydrogens is 359 g/mol. The molecule has 0 spiro atoms. The lowest BCUT2D eigenvalue weighted by atomic mass is 10.1. The number of morpholine rings is 1. The Bertz CT molecular complexity index is 746. The fourth-order valence-electron chi connectivity index (χ4n) is 2.80. The van der Waals surface area contributed by atoms with Gasteiger partial charge in [0.2, 0.25) is 0 Å². The summed E-state index contributed by atoms with van der Waals surface area (Å²) in [6, 6.07) is 13.1. The van der Waals surface area contributed by atoms with Crippen molar-refractivity contribution in [1.29, 1.82) is 0 Å². The first-order valence-corrected chi connectivity index (χ1v) is 8.99. The van der Waals surface area contributed by atoms with Crippen LogP contribution < -0.4 is 5.32 Å². The van der Waals surface area contributed by atoms with Crippen LogP contribution in [0.5, 0.6) is 0 Å². The Morgan fingerprint density at radius 3 is 2.48 bits per heavy atom. The SMILES string of the molecule is O=C(NCc1ccccc1CN1CCOCC1)c1ccc(Cl)c(Cl)c1. The molecule has 25 heavy (non-hydrogen) atoms. The Kier molecular flexibility index (Phi) is 6.32. The predicted octanol–water partition coefficient (Wildman–Crippen LogP) is 3.76. The first kappa shape index (κ1) is 18.2. The summed E-state index contributed by atoms with van der Waals surface area (Å²) in [6.07, 6.45) is 0. The molecule has 4 nitrogen and oxygen atoms in total. The summed E-state index contributed by atoms with van der Waals surface area (Å²) >= 11 is 11.9. The topological polar surface area (TPSA) is 41.6 Å². The fraction of sp³-hybridized carbons (Fsp3) is 0.316. The minimum atomic E-state index is -0.167. The van der Waals surface area contributed by atoms with Gasteiger partial charge >= 0.3 is 0 Å². The second-order valence-electron chi connectivity index (χ2n) is 5.97. The largest absolute Gasteiger partial charge is 0.379 e. The first-order valence-electron chi connectivity index (χ1n) is 8.23. The molecule has 1 heterocycles. The number of ether oxygens (including phenoxy) is 1. The normalized spacial score (nSPS) is 15.1. The summed E-state index contributed by atoms with van der Waals surface area (Å²) in [5, 5.41) is 3.77. The zero-order valence-corrected chi connectivity index (χ0v) is 15.3. The molecule has 0 bridgehead atoms.